The molecular weight excluding hydrogens is 599 g/mol. The fourth-order valence-corrected chi connectivity index (χ4v) is 9.37. The van der Waals surface area contributed by atoms with Crippen molar-refractivity contribution in [2.24, 2.45) is 0 Å². The molecule has 3 aromatic rings. The minimum Gasteiger partial charge on any atom is -0.743 e. The van der Waals surface area contributed by atoms with E-state index in [0.717, 1.165) is 20.1 Å². The average molecular weight is 623 g/mol. The van der Waals surface area contributed by atoms with Crippen LogP contribution in [-0.2, 0) is 26.8 Å². The van der Waals surface area contributed by atoms with Crippen LogP contribution in [-0.4, -0.2) is 42.6 Å². The number of rotatable bonds is 6. The third-order valence-electron chi connectivity index (χ3n) is 7.39. The average Bonchev–Trinajstić information content (AvgIpc) is 3.30. The third kappa shape index (κ3) is 4.34. The Labute approximate surface area is 233 Å². The van der Waals surface area contributed by atoms with Crippen LogP contribution in [0.4, 0.5) is 5.69 Å². The molecule has 3 heterocycles. The van der Waals surface area contributed by atoms with Crippen LogP contribution >= 0.6 is 46.3 Å². The van der Waals surface area contributed by atoms with Gasteiger partial charge >= 0.3 is 0 Å². The second kappa shape index (κ2) is 9.17. The quantitative estimate of drug-likeness (QED) is 0.227. The fourth-order valence-electron chi connectivity index (χ4n) is 4.99. The molecule has 1 saturated heterocycles. The molecule has 14 heteroatoms. The topological polar surface area (TPSA) is 115 Å². The largest absolute Gasteiger partial charge is 0.743 e. The maximum atomic E-state index is 12.6. The first kappa shape index (κ1) is 27.4. The third-order valence-corrected chi connectivity index (χ3v) is 13.0. The molecule has 0 saturated carbocycles. The van der Waals surface area contributed by atoms with E-state index in [1.165, 1.54) is 36.9 Å². The first-order chi connectivity index (χ1) is 17.2. The van der Waals surface area contributed by atoms with Crippen molar-refractivity contribution in [3.8, 4) is 0 Å². The minimum absolute atomic E-state index is 0.143. The van der Waals surface area contributed by atoms with Gasteiger partial charge in [-0.05, 0) is 43.0 Å². The van der Waals surface area contributed by atoms with Crippen LogP contribution in [0.3, 0.4) is 0 Å². The Kier molecular flexibility index (Phi) is 6.78. The molecule has 0 aliphatic carbocycles. The van der Waals surface area contributed by atoms with E-state index in [1.54, 1.807) is 24.3 Å². The molecule has 0 bridgehead atoms. The predicted molar refractivity (Wildman–Crippen MR) is 147 cm³/mol. The lowest BCUT2D eigenvalue weighted by molar-refractivity contribution is -0.669. The van der Waals surface area contributed by atoms with Gasteiger partial charge in [0.25, 0.3) is 15.1 Å². The Morgan fingerprint density at radius 2 is 1.86 bits per heavy atom. The highest BCUT2D eigenvalue weighted by molar-refractivity contribution is 8.03. The SMILES string of the molecule is CC(CC[n+]1c(C=C2Sc3ccc(Cl)cc3[N+]23CCC3(C)S(=O)(=O)[O-])sc2ccc(Cl)cc21)S(=O)(=O)O. The van der Waals surface area contributed by atoms with Crippen LogP contribution < -0.4 is 9.05 Å². The van der Waals surface area contributed by atoms with Gasteiger partial charge < -0.3 is 4.55 Å². The van der Waals surface area contributed by atoms with E-state index < -0.39 is 30.4 Å². The van der Waals surface area contributed by atoms with Gasteiger partial charge in [-0.1, -0.05) is 34.5 Å². The zero-order chi connectivity index (χ0) is 27.0. The van der Waals surface area contributed by atoms with E-state index in [2.05, 4.69) is 0 Å². The number of benzene rings is 2. The van der Waals surface area contributed by atoms with Crippen molar-refractivity contribution >= 4 is 88.5 Å². The first-order valence-corrected chi connectivity index (χ1v) is 16.6. The van der Waals surface area contributed by atoms with E-state index in [0.29, 0.717) is 27.3 Å². The highest BCUT2D eigenvalue weighted by Crippen LogP contribution is 2.62. The molecular formula is C23H23Cl2N2O6S4+. The second-order valence-corrected chi connectivity index (χ2v) is 16.0. The molecule has 37 heavy (non-hydrogen) atoms. The number of hydrogen-bond donors (Lipinski definition) is 1. The number of thioether (sulfide) groups is 1. The van der Waals surface area contributed by atoms with E-state index in [1.807, 2.05) is 22.8 Å². The highest BCUT2D eigenvalue weighted by atomic mass is 35.5. The number of nitrogens with zero attached hydrogens (tertiary/aromatic N) is 2. The molecule has 2 aliphatic heterocycles. The van der Waals surface area contributed by atoms with Crippen molar-refractivity contribution in [2.45, 2.75) is 48.3 Å². The number of halogens is 2. The summed E-state index contributed by atoms with van der Waals surface area (Å²) in [5.41, 5.74) is 1.46. The maximum Gasteiger partial charge on any atom is 0.269 e. The van der Waals surface area contributed by atoms with Gasteiger partial charge in [0.05, 0.1) is 29.2 Å². The zero-order valence-electron chi connectivity index (χ0n) is 19.7. The van der Waals surface area contributed by atoms with Crippen LogP contribution in [0.1, 0.15) is 31.7 Å². The number of aryl methyl sites for hydroxylation is 1. The lowest BCUT2D eigenvalue weighted by Gasteiger charge is -2.57. The molecule has 1 N–H and O–H groups in total. The van der Waals surface area contributed by atoms with Gasteiger partial charge in [0.2, 0.25) is 10.4 Å². The van der Waals surface area contributed by atoms with Crippen LogP contribution in [0.15, 0.2) is 46.3 Å². The van der Waals surface area contributed by atoms with Crippen molar-refractivity contribution in [2.75, 3.05) is 6.54 Å². The number of hydrogen-bond acceptors (Lipinski definition) is 7. The molecule has 1 fully saturated rings. The summed E-state index contributed by atoms with van der Waals surface area (Å²) in [6, 6.07) is 10.7. The summed E-state index contributed by atoms with van der Waals surface area (Å²) in [5, 5.41) is 1.37. The molecule has 1 aromatic heterocycles. The summed E-state index contributed by atoms with van der Waals surface area (Å²) < 4.78 is 73.1. The Morgan fingerprint density at radius 1 is 1.19 bits per heavy atom. The van der Waals surface area contributed by atoms with Gasteiger partial charge in [0.1, 0.15) is 4.70 Å². The second-order valence-electron chi connectivity index (χ2n) is 9.43. The summed E-state index contributed by atoms with van der Waals surface area (Å²) in [6.07, 6.45) is 2.22. The molecule has 3 atom stereocenters. The van der Waals surface area contributed by atoms with Crippen molar-refractivity contribution in [1.29, 1.82) is 0 Å². The van der Waals surface area contributed by atoms with Gasteiger partial charge in [-0.15, -0.1) is 0 Å². The monoisotopic (exact) mass is 621 g/mol. The molecule has 5 rings (SSSR count). The first-order valence-electron chi connectivity index (χ1n) is 11.3. The Morgan fingerprint density at radius 3 is 2.49 bits per heavy atom. The van der Waals surface area contributed by atoms with E-state index in [4.69, 9.17) is 23.2 Å². The van der Waals surface area contributed by atoms with E-state index in [9.17, 15) is 25.9 Å². The number of quaternary nitrogens is 1. The van der Waals surface area contributed by atoms with Crippen molar-refractivity contribution in [3.63, 3.8) is 0 Å². The fraction of sp³-hybridized carbons (Fsp3) is 0.348. The Hall–Kier alpha value is -1.22. The number of aromatic nitrogens is 1. The molecule has 8 nitrogen and oxygen atoms in total. The van der Waals surface area contributed by atoms with Gasteiger partial charge in [0, 0.05) is 35.5 Å². The normalized spacial score (nSPS) is 25.5. The summed E-state index contributed by atoms with van der Waals surface area (Å²) >= 11 is 15.4. The van der Waals surface area contributed by atoms with E-state index >= 15 is 0 Å². The van der Waals surface area contributed by atoms with Gasteiger partial charge in [-0.2, -0.15) is 13.0 Å². The minimum atomic E-state index is -4.71. The highest BCUT2D eigenvalue weighted by Gasteiger charge is 2.68. The summed E-state index contributed by atoms with van der Waals surface area (Å²) in [6.45, 7) is 3.60. The molecule has 0 radical (unpaired) electrons. The van der Waals surface area contributed by atoms with Crippen molar-refractivity contribution < 1.29 is 30.5 Å². The molecule has 2 aliphatic rings. The van der Waals surface area contributed by atoms with E-state index in [-0.39, 0.29) is 23.9 Å². The molecule has 198 valence electrons. The number of thiazole rings is 1. The molecule has 2 aromatic carbocycles. The molecule has 3 unspecified atom stereocenters. The molecule has 0 amide bonds. The standard InChI is InChI=1S/C23H22Cl2N2O6S4/c1-14(36(28,29)30)7-9-26-17-11-15(24)3-5-19(17)34-21(26)13-22-27(10-8-23(27,2)37(31,32)33)18-12-16(25)4-6-20(18)35-22/h3-6,11-14H,7-10H2,1-2H3/p+1. The van der Waals surface area contributed by atoms with Crippen LogP contribution in [0.2, 0.25) is 10.0 Å². The zero-order valence-corrected chi connectivity index (χ0v) is 24.5. The Balaban J connectivity index is 1.70. The summed E-state index contributed by atoms with van der Waals surface area (Å²) in [5.74, 6) is 0. The van der Waals surface area contributed by atoms with Crippen LogP contribution in [0.25, 0.3) is 16.3 Å². The Bertz CT molecular complexity index is 1690. The van der Waals surface area contributed by atoms with Gasteiger partial charge in [0.15, 0.2) is 27.4 Å². The van der Waals surface area contributed by atoms with Gasteiger partial charge in [-0.3, -0.25) is 4.55 Å². The van der Waals surface area contributed by atoms with Crippen molar-refractivity contribution in [3.05, 3.63) is 56.5 Å². The van der Waals surface area contributed by atoms with Gasteiger partial charge in [-0.25, -0.2) is 12.9 Å². The summed E-state index contributed by atoms with van der Waals surface area (Å²) in [4.78, 5) is -0.785. The molecule has 1 spiro atoms. The number of fused-ring (bicyclic) bond motifs is 3. The predicted octanol–water partition coefficient (Wildman–Crippen LogP) is 5.24. The lowest BCUT2D eigenvalue weighted by Crippen LogP contribution is -2.75. The van der Waals surface area contributed by atoms with Crippen molar-refractivity contribution in [1.82, 2.24) is 4.48 Å². The van der Waals surface area contributed by atoms with Crippen LogP contribution in [0, 0.1) is 0 Å². The summed E-state index contributed by atoms with van der Waals surface area (Å²) in [7, 11) is -8.92. The van der Waals surface area contributed by atoms with Crippen LogP contribution in [0.5, 0.6) is 0 Å². The smallest absolute Gasteiger partial charge is 0.269 e. The lowest BCUT2D eigenvalue weighted by atomic mass is 9.96. The maximum absolute atomic E-state index is 12.6.